The second-order valence-electron chi connectivity index (χ2n) is 4.97. The first kappa shape index (κ1) is 11.6. The first-order valence-electron chi connectivity index (χ1n) is 6.27. The molecule has 0 aromatic carbocycles. The van der Waals surface area contributed by atoms with Crippen molar-refractivity contribution in [3.8, 4) is 0 Å². The maximum atomic E-state index is 5.84. The van der Waals surface area contributed by atoms with E-state index in [0.29, 0.717) is 5.54 Å². The molecular formula is C12H23O2Si. The summed E-state index contributed by atoms with van der Waals surface area (Å²) in [6.07, 6.45) is 9.47. The quantitative estimate of drug-likeness (QED) is 0.671. The lowest BCUT2D eigenvalue weighted by atomic mass is 9.87. The molecule has 0 saturated heterocycles. The Morgan fingerprint density at radius 1 is 0.933 bits per heavy atom. The summed E-state index contributed by atoms with van der Waals surface area (Å²) in [4.78, 5) is 0. The van der Waals surface area contributed by atoms with E-state index in [9.17, 15) is 0 Å². The van der Waals surface area contributed by atoms with Gasteiger partial charge < -0.3 is 8.85 Å². The summed E-state index contributed by atoms with van der Waals surface area (Å²) < 4.78 is 11.7. The van der Waals surface area contributed by atoms with Gasteiger partial charge >= 0.3 is 8.56 Å². The lowest BCUT2D eigenvalue weighted by Gasteiger charge is -2.38. The zero-order valence-electron chi connectivity index (χ0n) is 10.00. The van der Waals surface area contributed by atoms with Crippen molar-refractivity contribution in [3.05, 3.63) is 6.04 Å². The fourth-order valence-corrected chi connectivity index (χ4v) is 6.53. The van der Waals surface area contributed by atoms with Gasteiger partial charge in [0.15, 0.2) is 0 Å². The summed E-state index contributed by atoms with van der Waals surface area (Å²) in [6, 6.07) is 2.48. The minimum atomic E-state index is -1.97. The van der Waals surface area contributed by atoms with Crippen molar-refractivity contribution in [2.75, 3.05) is 14.2 Å². The molecule has 0 amide bonds. The molecule has 0 atom stereocenters. The molecule has 0 heterocycles. The molecule has 2 aliphatic rings. The predicted octanol–water partition coefficient (Wildman–Crippen LogP) is 3.21. The van der Waals surface area contributed by atoms with Crippen LogP contribution in [0.1, 0.15) is 44.9 Å². The average Bonchev–Trinajstić information content (AvgIpc) is 2.71. The Morgan fingerprint density at radius 3 is 1.93 bits per heavy atom. The van der Waals surface area contributed by atoms with Crippen LogP contribution in [-0.4, -0.2) is 22.8 Å². The first-order chi connectivity index (χ1) is 7.30. The van der Waals surface area contributed by atoms with Gasteiger partial charge in [0.1, 0.15) is 0 Å². The molecule has 15 heavy (non-hydrogen) atoms. The van der Waals surface area contributed by atoms with Crippen LogP contribution in [0, 0.1) is 12.0 Å². The van der Waals surface area contributed by atoms with Crippen LogP contribution in [0.15, 0.2) is 0 Å². The van der Waals surface area contributed by atoms with Crippen molar-refractivity contribution in [1.29, 1.82) is 0 Å². The minimum Gasteiger partial charge on any atom is -0.397 e. The summed E-state index contributed by atoms with van der Waals surface area (Å²) in [5, 5.41) is 0. The average molecular weight is 227 g/mol. The van der Waals surface area contributed by atoms with Crippen molar-refractivity contribution in [2.45, 2.75) is 50.5 Å². The SMILES string of the molecule is CO[Si]([CH]C1CCC1)(OC)C1CCCC1. The Kier molecular flexibility index (Phi) is 3.86. The number of hydrogen-bond acceptors (Lipinski definition) is 2. The summed E-state index contributed by atoms with van der Waals surface area (Å²) >= 11 is 0. The third kappa shape index (κ3) is 2.29. The van der Waals surface area contributed by atoms with Crippen LogP contribution in [0.3, 0.4) is 0 Å². The summed E-state index contributed by atoms with van der Waals surface area (Å²) in [5.41, 5.74) is 0.716. The van der Waals surface area contributed by atoms with Crippen LogP contribution in [0.2, 0.25) is 5.54 Å². The van der Waals surface area contributed by atoms with Gasteiger partial charge in [-0.15, -0.1) is 0 Å². The van der Waals surface area contributed by atoms with Crippen LogP contribution < -0.4 is 0 Å². The smallest absolute Gasteiger partial charge is 0.344 e. The molecule has 0 bridgehead atoms. The van der Waals surface area contributed by atoms with E-state index < -0.39 is 8.56 Å². The van der Waals surface area contributed by atoms with E-state index in [1.54, 1.807) is 0 Å². The topological polar surface area (TPSA) is 18.5 Å². The molecule has 0 unspecified atom stereocenters. The van der Waals surface area contributed by atoms with Gasteiger partial charge in [0.05, 0.1) is 0 Å². The maximum absolute atomic E-state index is 5.84. The zero-order chi connectivity index (χ0) is 10.7. The molecule has 2 fully saturated rings. The van der Waals surface area contributed by atoms with Crippen molar-refractivity contribution in [3.63, 3.8) is 0 Å². The maximum Gasteiger partial charge on any atom is 0.344 e. The largest absolute Gasteiger partial charge is 0.397 e. The molecule has 87 valence electrons. The van der Waals surface area contributed by atoms with E-state index >= 15 is 0 Å². The van der Waals surface area contributed by atoms with E-state index in [1.165, 1.54) is 44.9 Å². The van der Waals surface area contributed by atoms with Gasteiger partial charge in [0.2, 0.25) is 0 Å². The predicted molar refractivity (Wildman–Crippen MR) is 63.6 cm³/mol. The minimum absolute atomic E-state index is 0.716. The molecule has 2 rings (SSSR count). The molecule has 0 spiro atoms. The first-order valence-corrected chi connectivity index (χ1v) is 8.24. The summed E-state index contributed by atoms with van der Waals surface area (Å²) in [6.45, 7) is 0. The molecule has 3 heteroatoms. The Balaban J connectivity index is 1.99. The third-order valence-electron chi connectivity index (χ3n) is 4.18. The Hall–Kier alpha value is 0.137. The van der Waals surface area contributed by atoms with Gasteiger partial charge in [-0.1, -0.05) is 32.1 Å². The van der Waals surface area contributed by atoms with Gasteiger partial charge in [-0.25, -0.2) is 0 Å². The molecule has 2 saturated carbocycles. The highest BCUT2D eigenvalue weighted by Crippen LogP contribution is 2.44. The van der Waals surface area contributed by atoms with Crippen LogP contribution in [0.4, 0.5) is 0 Å². The monoisotopic (exact) mass is 227 g/mol. The highest BCUT2D eigenvalue weighted by Gasteiger charge is 2.47. The summed E-state index contributed by atoms with van der Waals surface area (Å²) in [5.74, 6) is 0.789. The molecular weight excluding hydrogens is 204 g/mol. The van der Waals surface area contributed by atoms with Gasteiger partial charge in [-0.3, -0.25) is 0 Å². The highest BCUT2D eigenvalue weighted by atomic mass is 28.4. The molecule has 2 aliphatic carbocycles. The van der Waals surface area contributed by atoms with Crippen LogP contribution in [-0.2, 0) is 8.85 Å². The van der Waals surface area contributed by atoms with Crippen LogP contribution in [0.5, 0.6) is 0 Å². The molecule has 1 radical (unpaired) electrons. The van der Waals surface area contributed by atoms with E-state index in [2.05, 4.69) is 6.04 Å². The molecule has 0 aliphatic heterocycles. The van der Waals surface area contributed by atoms with Crippen molar-refractivity contribution >= 4 is 8.56 Å². The lowest BCUT2D eigenvalue weighted by Crippen LogP contribution is -2.48. The van der Waals surface area contributed by atoms with Gasteiger partial charge in [0.25, 0.3) is 0 Å². The molecule has 2 nitrogen and oxygen atoms in total. The van der Waals surface area contributed by atoms with Crippen LogP contribution >= 0.6 is 0 Å². The van der Waals surface area contributed by atoms with E-state index in [-0.39, 0.29) is 0 Å². The highest BCUT2D eigenvalue weighted by molar-refractivity contribution is 6.72. The normalized spacial score (nSPS) is 24.4. The van der Waals surface area contributed by atoms with Crippen molar-refractivity contribution < 1.29 is 8.85 Å². The van der Waals surface area contributed by atoms with Crippen molar-refractivity contribution in [2.24, 2.45) is 5.92 Å². The van der Waals surface area contributed by atoms with Crippen LogP contribution in [0.25, 0.3) is 0 Å². The number of rotatable bonds is 5. The second-order valence-corrected chi connectivity index (χ2v) is 8.38. The van der Waals surface area contributed by atoms with E-state index in [0.717, 1.165) is 5.92 Å². The fraction of sp³-hybridized carbons (Fsp3) is 0.917. The van der Waals surface area contributed by atoms with Gasteiger partial charge in [0, 0.05) is 25.8 Å². The zero-order valence-corrected chi connectivity index (χ0v) is 11.0. The lowest BCUT2D eigenvalue weighted by molar-refractivity contribution is 0.223. The fourth-order valence-electron chi connectivity index (χ4n) is 2.95. The summed E-state index contributed by atoms with van der Waals surface area (Å²) in [7, 11) is 1.73. The van der Waals surface area contributed by atoms with Crippen molar-refractivity contribution in [1.82, 2.24) is 0 Å². The molecule has 0 N–H and O–H groups in total. The Bertz CT molecular complexity index is 194. The third-order valence-corrected chi connectivity index (χ3v) is 8.11. The standard InChI is InChI=1S/C12H23O2Si/c1-13-15(14-2,10-11-6-5-7-11)12-8-3-4-9-12/h10-12H,3-9H2,1-2H3. The Morgan fingerprint density at radius 2 is 1.53 bits per heavy atom. The number of hydrogen-bond donors (Lipinski definition) is 0. The molecule has 0 aromatic rings. The van der Waals surface area contributed by atoms with E-state index in [4.69, 9.17) is 8.85 Å². The second kappa shape index (κ2) is 4.98. The molecule has 0 aromatic heterocycles. The van der Waals surface area contributed by atoms with Gasteiger partial charge in [-0.2, -0.15) is 0 Å². The van der Waals surface area contributed by atoms with E-state index in [1.807, 2.05) is 14.2 Å². The Labute approximate surface area is 94.6 Å². The van der Waals surface area contributed by atoms with Gasteiger partial charge in [-0.05, 0) is 18.8 Å².